The van der Waals surface area contributed by atoms with Gasteiger partial charge >= 0.3 is 29.8 Å². The maximum Gasteiger partial charge on any atom is 0.312 e. The lowest BCUT2D eigenvalue weighted by Gasteiger charge is -2.54. The fourth-order valence-corrected chi connectivity index (χ4v) is 6.93. The summed E-state index contributed by atoms with van der Waals surface area (Å²) in [7, 11) is 0. The number of carbonyl (C=O) groups is 5. The minimum Gasteiger partial charge on any atom is -0.459 e. The van der Waals surface area contributed by atoms with E-state index in [1.807, 2.05) is 0 Å². The quantitative estimate of drug-likeness (QED) is 0.295. The zero-order valence-electron chi connectivity index (χ0n) is 23.6. The second kappa shape index (κ2) is 10.3. The van der Waals surface area contributed by atoms with Gasteiger partial charge in [-0.1, -0.05) is 26.5 Å². The SMILES string of the molecule is C=C1/C=C\[C@H](OC(C)=O)[C@]2(C)[C@H]([C@@H](C)[C@@H](OC(C)=O)[C@@H]3O[C@@H]32)[C@H](OC(C)=O)[C@]2(O)[C@@H](C)C(=O)O[C@H]2[C@@H]1OC(C)=O. The van der Waals surface area contributed by atoms with E-state index >= 15 is 0 Å². The summed E-state index contributed by atoms with van der Waals surface area (Å²) in [6, 6.07) is 0. The van der Waals surface area contributed by atoms with Crippen LogP contribution in [-0.2, 0) is 52.4 Å². The molecule has 12 nitrogen and oxygen atoms in total. The summed E-state index contributed by atoms with van der Waals surface area (Å²) in [6.07, 6.45) is -4.41. The monoisotopic (exact) mass is 564 g/mol. The maximum absolute atomic E-state index is 13.1. The van der Waals surface area contributed by atoms with Crippen molar-refractivity contribution in [1.82, 2.24) is 0 Å². The number of carbonyl (C=O) groups excluding carboxylic acids is 5. The predicted molar refractivity (Wildman–Crippen MR) is 134 cm³/mol. The van der Waals surface area contributed by atoms with Crippen molar-refractivity contribution in [3.8, 4) is 0 Å². The summed E-state index contributed by atoms with van der Waals surface area (Å²) in [5.41, 5.74) is -3.31. The second-order valence-electron chi connectivity index (χ2n) is 11.3. The van der Waals surface area contributed by atoms with E-state index in [0.717, 1.165) is 13.8 Å². The Morgan fingerprint density at radius 3 is 2.05 bits per heavy atom. The van der Waals surface area contributed by atoms with Gasteiger partial charge in [-0.25, -0.2) is 0 Å². The summed E-state index contributed by atoms with van der Waals surface area (Å²) in [5.74, 6) is -6.36. The van der Waals surface area contributed by atoms with Crippen LogP contribution in [0.4, 0.5) is 0 Å². The third-order valence-corrected chi connectivity index (χ3v) is 8.71. The Morgan fingerprint density at radius 2 is 1.50 bits per heavy atom. The van der Waals surface area contributed by atoms with Crippen LogP contribution < -0.4 is 0 Å². The van der Waals surface area contributed by atoms with Gasteiger partial charge in [0.25, 0.3) is 0 Å². The lowest BCUT2D eigenvalue weighted by Crippen LogP contribution is -2.68. The van der Waals surface area contributed by atoms with Crippen LogP contribution >= 0.6 is 0 Å². The number of ether oxygens (including phenoxy) is 6. The van der Waals surface area contributed by atoms with Gasteiger partial charge in [0.1, 0.15) is 24.4 Å². The van der Waals surface area contributed by atoms with Crippen LogP contribution in [0, 0.1) is 23.2 Å². The van der Waals surface area contributed by atoms with Crippen LogP contribution in [0.3, 0.4) is 0 Å². The fourth-order valence-electron chi connectivity index (χ4n) is 6.93. The van der Waals surface area contributed by atoms with Gasteiger partial charge in [0.2, 0.25) is 0 Å². The third kappa shape index (κ3) is 4.70. The predicted octanol–water partition coefficient (Wildman–Crippen LogP) is 1.17. The molecule has 0 aromatic heterocycles. The Kier molecular flexibility index (Phi) is 7.65. The van der Waals surface area contributed by atoms with Gasteiger partial charge < -0.3 is 33.5 Å². The van der Waals surface area contributed by atoms with E-state index < -0.39 is 101 Å². The number of hydrogen-bond acceptors (Lipinski definition) is 12. The van der Waals surface area contributed by atoms with Crippen LogP contribution in [-0.4, -0.2) is 83.3 Å². The van der Waals surface area contributed by atoms with Crippen molar-refractivity contribution in [2.75, 3.05) is 0 Å². The highest BCUT2D eigenvalue weighted by Crippen LogP contribution is 2.61. The van der Waals surface area contributed by atoms with Crippen molar-refractivity contribution < 1.29 is 57.5 Å². The summed E-state index contributed by atoms with van der Waals surface area (Å²) in [4.78, 5) is 62.2. The summed E-state index contributed by atoms with van der Waals surface area (Å²) >= 11 is 0. The molecular formula is C28H36O12. The molecule has 0 aromatic carbocycles. The molecule has 2 saturated heterocycles. The summed E-state index contributed by atoms with van der Waals surface area (Å²) < 4.78 is 34.5. The first-order valence-electron chi connectivity index (χ1n) is 13.2. The molecule has 12 atom stereocenters. The Morgan fingerprint density at radius 1 is 0.925 bits per heavy atom. The Balaban J connectivity index is 2.02. The first-order chi connectivity index (χ1) is 18.5. The number of fused-ring (bicyclic) bond motifs is 4. The third-order valence-electron chi connectivity index (χ3n) is 8.71. The minimum atomic E-state index is -2.26. The molecule has 0 amide bonds. The lowest BCUT2D eigenvalue weighted by atomic mass is 9.54. The van der Waals surface area contributed by atoms with E-state index in [4.69, 9.17) is 28.4 Å². The Bertz CT molecular complexity index is 1160. The topological polar surface area (TPSA) is 164 Å². The molecule has 2 heterocycles. The molecule has 220 valence electrons. The van der Waals surface area contributed by atoms with E-state index in [9.17, 15) is 29.1 Å². The van der Waals surface area contributed by atoms with Crippen LogP contribution in [0.15, 0.2) is 24.3 Å². The largest absolute Gasteiger partial charge is 0.459 e. The number of rotatable bonds is 4. The van der Waals surface area contributed by atoms with E-state index in [1.54, 1.807) is 19.9 Å². The number of aliphatic hydroxyl groups is 1. The molecule has 4 aliphatic rings. The standard InChI is InChI=1S/C28H36O12/c1-11-9-10-18(35-14(4)29)27(8)19(12(2)21(37-16(6)31)22-24(27)39-22)23(38-17(7)32)28(34)13(3)26(33)40-25(28)20(11)36-15(5)30/h9-10,12-13,18-25,34H,1H2,2-8H3/b10-9-/t12-,13+,18+,19-,20-,21-,22+,23+,24+,25+,27-,28-/m1/s1. The van der Waals surface area contributed by atoms with Gasteiger partial charge in [-0.05, 0) is 18.6 Å². The van der Waals surface area contributed by atoms with Crippen molar-refractivity contribution in [1.29, 1.82) is 0 Å². The molecule has 0 spiro atoms. The van der Waals surface area contributed by atoms with Crippen molar-refractivity contribution in [2.45, 2.75) is 96.8 Å². The molecule has 1 N–H and O–H groups in total. The number of epoxide rings is 1. The molecule has 4 rings (SSSR count). The average Bonchev–Trinajstić information content (AvgIpc) is 3.61. The molecule has 0 aromatic rings. The smallest absolute Gasteiger partial charge is 0.312 e. The van der Waals surface area contributed by atoms with Crippen molar-refractivity contribution in [3.05, 3.63) is 24.3 Å². The lowest BCUT2D eigenvalue weighted by molar-refractivity contribution is -0.230. The van der Waals surface area contributed by atoms with E-state index in [0.29, 0.717) is 0 Å². The van der Waals surface area contributed by atoms with Crippen molar-refractivity contribution in [2.24, 2.45) is 23.2 Å². The molecule has 3 fully saturated rings. The van der Waals surface area contributed by atoms with Crippen molar-refractivity contribution in [3.63, 3.8) is 0 Å². The fraction of sp³-hybridized carbons (Fsp3) is 0.679. The van der Waals surface area contributed by atoms with Gasteiger partial charge in [0, 0.05) is 44.9 Å². The van der Waals surface area contributed by atoms with Gasteiger partial charge in [0.15, 0.2) is 17.8 Å². The average molecular weight is 565 g/mol. The zero-order chi connectivity index (χ0) is 29.9. The van der Waals surface area contributed by atoms with E-state index in [1.165, 1.54) is 26.8 Å². The molecular weight excluding hydrogens is 528 g/mol. The molecule has 40 heavy (non-hydrogen) atoms. The number of hydrogen-bond donors (Lipinski definition) is 1. The van der Waals surface area contributed by atoms with Crippen LogP contribution in [0.2, 0.25) is 0 Å². The van der Waals surface area contributed by atoms with Gasteiger partial charge in [-0.2, -0.15) is 0 Å². The molecule has 0 bridgehead atoms. The minimum absolute atomic E-state index is 0.135. The van der Waals surface area contributed by atoms with Crippen LogP contribution in [0.25, 0.3) is 0 Å². The number of esters is 5. The summed E-state index contributed by atoms with van der Waals surface area (Å²) in [6.45, 7) is 13.7. The molecule has 2 aliphatic carbocycles. The summed E-state index contributed by atoms with van der Waals surface area (Å²) in [5, 5.41) is 12.6. The van der Waals surface area contributed by atoms with E-state index in [2.05, 4.69) is 6.58 Å². The second-order valence-corrected chi connectivity index (χ2v) is 11.3. The maximum atomic E-state index is 13.1. The molecule has 0 radical (unpaired) electrons. The van der Waals surface area contributed by atoms with E-state index in [-0.39, 0.29) is 5.57 Å². The van der Waals surface area contributed by atoms with Gasteiger partial charge in [0.05, 0.1) is 12.0 Å². The van der Waals surface area contributed by atoms with Crippen LogP contribution in [0.5, 0.6) is 0 Å². The molecule has 1 saturated carbocycles. The highest BCUT2D eigenvalue weighted by molar-refractivity contribution is 5.78. The zero-order valence-corrected chi connectivity index (χ0v) is 23.6. The van der Waals surface area contributed by atoms with Crippen LogP contribution in [0.1, 0.15) is 48.5 Å². The molecule has 12 heteroatoms. The highest BCUT2D eigenvalue weighted by Gasteiger charge is 2.75. The molecule has 0 unspecified atom stereocenters. The molecule has 2 aliphatic heterocycles. The first-order valence-corrected chi connectivity index (χ1v) is 13.2. The normalized spacial score (nSPS) is 44.5. The first kappa shape index (κ1) is 29.7. The van der Waals surface area contributed by atoms with Crippen molar-refractivity contribution >= 4 is 29.8 Å². The Labute approximate surface area is 231 Å². The highest BCUT2D eigenvalue weighted by atomic mass is 16.6. The van der Waals surface area contributed by atoms with Gasteiger partial charge in [-0.15, -0.1) is 0 Å². The van der Waals surface area contributed by atoms with Gasteiger partial charge in [-0.3, -0.25) is 24.0 Å². The Hall–Kier alpha value is -3.25.